The molecule has 2 aromatic rings. The summed E-state index contributed by atoms with van der Waals surface area (Å²) in [5.74, 6) is -0.708. The largest absolute Gasteiger partial charge is 0.505 e. The fourth-order valence-electron chi connectivity index (χ4n) is 1.84. The van der Waals surface area contributed by atoms with Crippen LogP contribution in [0.5, 0.6) is 5.75 Å². The Labute approximate surface area is 114 Å². The number of aromatic hydroxyl groups is 1. The van der Waals surface area contributed by atoms with Crippen molar-refractivity contribution < 1.29 is 31.0 Å². The second-order valence-electron chi connectivity index (χ2n) is 3.94. The fraction of sp³-hybridized carbons (Fsp3) is 0. The Kier molecular flexibility index (Phi) is 3.13. The minimum atomic E-state index is -4.72. The molecular formula is C10H9NO7S2. The number of anilines is 1. The molecular weight excluding hydrogens is 310 g/mol. The Morgan fingerprint density at radius 2 is 1.50 bits per heavy atom. The molecule has 20 heavy (non-hydrogen) atoms. The van der Waals surface area contributed by atoms with Gasteiger partial charge in [0.05, 0.1) is 5.69 Å². The highest BCUT2D eigenvalue weighted by atomic mass is 32.2. The Hall–Kier alpha value is -1.88. The first-order valence-electron chi connectivity index (χ1n) is 5.02. The Balaban J connectivity index is 3.17. The summed E-state index contributed by atoms with van der Waals surface area (Å²) in [4.78, 5) is -1.39. The van der Waals surface area contributed by atoms with Crippen LogP contribution in [0.1, 0.15) is 0 Å². The van der Waals surface area contributed by atoms with Gasteiger partial charge in [0.2, 0.25) is 0 Å². The van der Waals surface area contributed by atoms with Gasteiger partial charge in [-0.25, -0.2) is 0 Å². The van der Waals surface area contributed by atoms with Crippen molar-refractivity contribution in [2.45, 2.75) is 9.79 Å². The molecule has 2 rings (SSSR count). The number of phenols is 1. The van der Waals surface area contributed by atoms with Crippen LogP contribution in [0.2, 0.25) is 0 Å². The molecule has 2 aromatic carbocycles. The average Bonchev–Trinajstić information content (AvgIpc) is 2.30. The van der Waals surface area contributed by atoms with Crippen molar-refractivity contribution in [2.24, 2.45) is 0 Å². The van der Waals surface area contributed by atoms with Gasteiger partial charge in [-0.3, -0.25) is 9.11 Å². The highest BCUT2D eigenvalue weighted by Crippen LogP contribution is 2.39. The molecule has 10 heteroatoms. The van der Waals surface area contributed by atoms with Crippen molar-refractivity contribution in [3.8, 4) is 5.75 Å². The smallest absolute Gasteiger partial charge is 0.295 e. The normalized spacial score (nSPS) is 12.7. The second kappa shape index (κ2) is 4.31. The molecule has 0 amide bonds. The van der Waals surface area contributed by atoms with E-state index >= 15 is 0 Å². The van der Waals surface area contributed by atoms with Gasteiger partial charge in [0.15, 0.2) is 0 Å². The number of nitrogens with two attached hydrogens (primary N) is 1. The van der Waals surface area contributed by atoms with Crippen molar-refractivity contribution in [3.63, 3.8) is 0 Å². The van der Waals surface area contributed by atoms with Gasteiger partial charge in [0.1, 0.15) is 15.5 Å². The van der Waals surface area contributed by atoms with Gasteiger partial charge in [-0.1, -0.05) is 12.1 Å². The van der Waals surface area contributed by atoms with E-state index in [1.165, 1.54) is 0 Å². The molecule has 8 nitrogen and oxygen atoms in total. The molecule has 0 saturated carbocycles. The van der Waals surface area contributed by atoms with E-state index in [1.807, 2.05) is 0 Å². The first kappa shape index (κ1) is 14.5. The van der Waals surface area contributed by atoms with Crippen LogP contribution in [0.3, 0.4) is 0 Å². The third-order valence-corrected chi connectivity index (χ3v) is 4.43. The molecule has 0 heterocycles. The Bertz CT molecular complexity index is 886. The van der Waals surface area contributed by atoms with Gasteiger partial charge in [-0.2, -0.15) is 16.8 Å². The van der Waals surface area contributed by atoms with Gasteiger partial charge in [-0.05, 0) is 12.1 Å². The summed E-state index contributed by atoms with van der Waals surface area (Å²) in [6.07, 6.45) is 0. The Morgan fingerprint density at radius 3 is 2.00 bits per heavy atom. The predicted molar refractivity (Wildman–Crippen MR) is 69.7 cm³/mol. The van der Waals surface area contributed by atoms with E-state index in [0.717, 1.165) is 24.3 Å². The molecule has 108 valence electrons. The number of phenolic OH excluding ortho intramolecular Hbond substituents is 1. The van der Waals surface area contributed by atoms with Crippen molar-refractivity contribution >= 4 is 36.7 Å². The minimum absolute atomic E-state index is 0.283. The maximum Gasteiger partial charge on any atom is 0.295 e. The van der Waals surface area contributed by atoms with Crippen molar-refractivity contribution in [2.75, 3.05) is 5.73 Å². The lowest BCUT2D eigenvalue weighted by atomic mass is 10.1. The maximum atomic E-state index is 11.3. The molecule has 0 radical (unpaired) electrons. The summed E-state index contributed by atoms with van der Waals surface area (Å²) in [5.41, 5.74) is 4.94. The number of rotatable bonds is 2. The van der Waals surface area contributed by atoms with Crippen LogP contribution in [0.25, 0.3) is 10.8 Å². The number of nitrogen functional groups attached to an aromatic ring is 1. The molecule has 0 aliphatic carbocycles. The van der Waals surface area contributed by atoms with Crippen molar-refractivity contribution in [1.29, 1.82) is 0 Å². The van der Waals surface area contributed by atoms with E-state index in [-0.39, 0.29) is 5.39 Å². The Morgan fingerprint density at radius 1 is 0.950 bits per heavy atom. The minimum Gasteiger partial charge on any atom is -0.505 e. The molecule has 0 unspecified atom stereocenters. The van der Waals surface area contributed by atoms with Crippen LogP contribution in [0.4, 0.5) is 5.69 Å². The number of hydrogen-bond acceptors (Lipinski definition) is 6. The quantitative estimate of drug-likeness (QED) is 0.356. The molecule has 0 aliphatic heterocycles. The van der Waals surface area contributed by atoms with Crippen LogP contribution in [-0.2, 0) is 20.2 Å². The summed E-state index contributed by atoms with van der Waals surface area (Å²) in [6.45, 7) is 0. The van der Waals surface area contributed by atoms with Gasteiger partial charge in [0.25, 0.3) is 20.2 Å². The molecule has 0 spiro atoms. The second-order valence-corrected chi connectivity index (χ2v) is 6.72. The SMILES string of the molecule is Nc1cc(S(=O)(=O)O)c2cccc(S(=O)(=O)O)c2c1O. The maximum absolute atomic E-state index is 11.3. The number of hydrogen-bond donors (Lipinski definition) is 4. The van der Waals surface area contributed by atoms with E-state index in [4.69, 9.17) is 14.8 Å². The third kappa shape index (κ3) is 2.29. The summed E-state index contributed by atoms with van der Waals surface area (Å²) < 4.78 is 63.3. The van der Waals surface area contributed by atoms with Gasteiger partial charge in [-0.15, -0.1) is 0 Å². The monoisotopic (exact) mass is 319 g/mol. The number of fused-ring (bicyclic) bond motifs is 1. The summed E-state index contributed by atoms with van der Waals surface area (Å²) >= 11 is 0. The van der Waals surface area contributed by atoms with Crippen LogP contribution < -0.4 is 5.73 Å². The van der Waals surface area contributed by atoms with Crippen LogP contribution >= 0.6 is 0 Å². The van der Waals surface area contributed by atoms with E-state index in [9.17, 15) is 21.9 Å². The van der Waals surface area contributed by atoms with Crippen LogP contribution in [0, 0.1) is 0 Å². The standard InChI is InChI=1S/C10H9NO7S2/c11-6-4-8(20(16,17)18)5-2-1-3-7(19(13,14)15)9(5)10(6)12/h1-4,12H,11H2,(H,13,14,15)(H,16,17,18). The zero-order chi connectivity index (χ0) is 15.3. The summed E-state index contributed by atoms with van der Waals surface area (Å²) in [6, 6.07) is 4.06. The van der Waals surface area contributed by atoms with Crippen LogP contribution in [-0.4, -0.2) is 31.0 Å². The molecule has 5 N–H and O–H groups in total. The highest BCUT2D eigenvalue weighted by Gasteiger charge is 2.24. The van der Waals surface area contributed by atoms with E-state index in [0.29, 0.717) is 0 Å². The van der Waals surface area contributed by atoms with Gasteiger partial charge in [0, 0.05) is 10.8 Å². The molecule has 0 saturated heterocycles. The molecule has 0 aromatic heterocycles. The van der Waals surface area contributed by atoms with Crippen LogP contribution in [0.15, 0.2) is 34.1 Å². The van der Waals surface area contributed by atoms with E-state index in [1.54, 1.807) is 0 Å². The molecule has 0 atom stereocenters. The topological polar surface area (TPSA) is 155 Å². The highest BCUT2D eigenvalue weighted by molar-refractivity contribution is 7.86. The lowest BCUT2D eigenvalue weighted by molar-refractivity contribution is 0.473. The average molecular weight is 319 g/mol. The lowest BCUT2D eigenvalue weighted by Gasteiger charge is -2.11. The van der Waals surface area contributed by atoms with Crippen molar-refractivity contribution in [1.82, 2.24) is 0 Å². The first-order valence-corrected chi connectivity index (χ1v) is 7.90. The summed E-state index contributed by atoms with van der Waals surface area (Å²) in [5, 5.41) is 9.05. The zero-order valence-corrected chi connectivity index (χ0v) is 11.3. The van der Waals surface area contributed by atoms with E-state index < -0.39 is 46.9 Å². The number of benzene rings is 2. The van der Waals surface area contributed by atoms with Crippen molar-refractivity contribution in [3.05, 3.63) is 24.3 Å². The van der Waals surface area contributed by atoms with Gasteiger partial charge < -0.3 is 10.8 Å². The lowest BCUT2D eigenvalue weighted by Crippen LogP contribution is -2.04. The first-order chi connectivity index (χ1) is 9.03. The zero-order valence-electron chi connectivity index (χ0n) is 9.68. The molecule has 0 aliphatic rings. The molecule has 0 bridgehead atoms. The van der Waals surface area contributed by atoms with Gasteiger partial charge >= 0.3 is 0 Å². The third-order valence-electron chi connectivity index (χ3n) is 2.64. The predicted octanol–water partition coefficient (Wildman–Crippen LogP) is 0.621. The van der Waals surface area contributed by atoms with E-state index in [2.05, 4.69) is 0 Å². The molecule has 0 fully saturated rings. The summed E-state index contributed by atoms with van der Waals surface area (Å²) in [7, 11) is -9.42. The fourth-order valence-corrected chi connectivity index (χ4v) is 3.28.